The highest BCUT2D eigenvalue weighted by molar-refractivity contribution is 5.78. The number of carbonyl (C=O) groups excluding carboxylic acids is 1. The second-order valence-electron chi connectivity index (χ2n) is 4.00. The first-order chi connectivity index (χ1) is 9.19. The first-order valence-corrected chi connectivity index (χ1v) is 5.76. The van der Waals surface area contributed by atoms with E-state index in [1.54, 1.807) is 18.3 Å². The average molecular weight is 263 g/mol. The van der Waals surface area contributed by atoms with Gasteiger partial charge in [0.05, 0.1) is 25.8 Å². The van der Waals surface area contributed by atoms with Crippen molar-refractivity contribution < 1.29 is 13.9 Å². The van der Waals surface area contributed by atoms with Crippen LogP contribution in [0.25, 0.3) is 0 Å². The Morgan fingerprint density at radius 1 is 1.47 bits per heavy atom. The van der Waals surface area contributed by atoms with E-state index in [4.69, 9.17) is 4.74 Å². The fraction of sp³-hybridized carbons (Fsp3) is 0.231. The second kappa shape index (κ2) is 5.99. The van der Waals surface area contributed by atoms with Crippen LogP contribution in [0, 0.1) is 5.82 Å². The van der Waals surface area contributed by atoms with Crippen LogP contribution in [0.4, 0.5) is 4.39 Å². The largest absolute Gasteiger partial charge is 0.494 e. The summed E-state index contributed by atoms with van der Waals surface area (Å²) < 4.78 is 18.3. The normalized spacial score (nSPS) is 10.2. The van der Waals surface area contributed by atoms with E-state index >= 15 is 0 Å². The number of nitrogens with zero attached hydrogens (tertiary/aromatic N) is 1. The molecule has 0 aliphatic rings. The topological polar surface area (TPSA) is 67.0 Å². The van der Waals surface area contributed by atoms with Crippen molar-refractivity contribution in [1.82, 2.24) is 15.5 Å². The molecule has 0 aliphatic carbocycles. The van der Waals surface area contributed by atoms with Gasteiger partial charge in [-0.15, -0.1) is 0 Å². The van der Waals surface area contributed by atoms with Crippen LogP contribution in [-0.4, -0.2) is 23.2 Å². The fourth-order valence-corrected chi connectivity index (χ4v) is 1.64. The van der Waals surface area contributed by atoms with Gasteiger partial charge in [-0.05, 0) is 23.8 Å². The molecule has 0 spiro atoms. The van der Waals surface area contributed by atoms with E-state index in [9.17, 15) is 9.18 Å². The molecule has 5 nitrogen and oxygen atoms in total. The van der Waals surface area contributed by atoms with Crippen molar-refractivity contribution in [3.63, 3.8) is 0 Å². The second-order valence-corrected chi connectivity index (χ2v) is 4.00. The van der Waals surface area contributed by atoms with Crippen LogP contribution in [0.1, 0.15) is 11.3 Å². The molecule has 2 N–H and O–H groups in total. The minimum Gasteiger partial charge on any atom is -0.494 e. The molecule has 0 radical (unpaired) electrons. The van der Waals surface area contributed by atoms with Gasteiger partial charge in [0.2, 0.25) is 5.91 Å². The molecule has 0 saturated heterocycles. The van der Waals surface area contributed by atoms with Crippen LogP contribution in [0.15, 0.2) is 30.5 Å². The third-order valence-electron chi connectivity index (χ3n) is 2.62. The minimum atomic E-state index is -0.471. The van der Waals surface area contributed by atoms with Crippen molar-refractivity contribution in [3.05, 3.63) is 47.5 Å². The van der Waals surface area contributed by atoms with E-state index < -0.39 is 5.82 Å². The van der Waals surface area contributed by atoms with Crippen molar-refractivity contribution in [3.8, 4) is 5.75 Å². The maximum Gasteiger partial charge on any atom is 0.224 e. The van der Waals surface area contributed by atoms with Gasteiger partial charge in [0.15, 0.2) is 11.6 Å². The van der Waals surface area contributed by atoms with Crippen LogP contribution >= 0.6 is 0 Å². The van der Waals surface area contributed by atoms with Gasteiger partial charge in [-0.3, -0.25) is 9.89 Å². The maximum atomic E-state index is 13.4. The van der Waals surface area contributed by atoms with Gasteiger partial charge >= 0.3 is 0 Å². The molecule has 1 heterocycles. The van der Waals surface area contributed by atoms with Gasteiger partial charge in [0, 0.05) is 6.20 Å². The standard InChI is InChI=1S/C13H14FN3O2/c1-19-12-3-2-9(6-11(12)14)7-13(18)15-8-10-4-5-16-17-10/h2-6H,7-8H2,1H3,(H,15,18)(H,16,17). The van der Waals surface area contributed by atoms with Crippen molar-refractivity contribution in [2.24, 2.45) is 0 Å². The Balaban J connectivity index is 1.90. The smallest absolute Gasteiger partial charge is 0.224 e. The number of halogens is 1. The first kappa shape index (κ1) is 13.1. The minimum absolute atomic E-state index is 0.120. The zero-order chi connectivity index (χ0) is 13.7. The SMILES string of the molecule is COc1ccc(CC(=O)NCc2ccn[nH]2)cc1F. The van der Waals surface area contributed by atoms with Gasteiger partial charge in [0.1, 0.15) is 0 Å². The molecule has 1 amide bonds. The molecule has 2 aromatic rings. The lowest BCUT2D eigenvalue weighted by Crippen LogP contribution is -2.24. The fourth-order valence-electron chi connectivity index (χ4n) is 1.64. The molecular weight excluding hydrogens is 249 g/mol. The van der Waals surface area contributed by atoms with Gasteiger partial charge in [-0.25, -0.2) is 4.39 Å². The van der Waals surface area contributed by atoms with Crippen molar-refractivity contribution in [2.75, 3.05) is 7.11 Å². The quantitative estimate of drug-likeness (QED) is 0.857. The Morgan fingerprint density at radius 3 is 2.95 bits per heavy atom. The number of rotatable bonds is 5. The lowest BCUT2D eigenvalue weighted by Gasteiger charge is -2.06. The Kier molecular flexibility index (Phi) is 4.12. The highest BCUT2D eigenvalue weighted by Crippen LogP contribution is 2.17. The van der Waals surface area contributed by atoms with Crippen molar-refractivity contribution in [2.45, 2.75) is 13.0 Å². The summed E-state index contributed by atoms with van der Waals surface area (Å²) in [4.78, 5) is 11.7. The molecule has 0 unspecified atom stereocenters. The first-order valence-electron chi connectivity index (χ1n) is 5.76. The molecule has 19 heavy (non-hydrogen) atoms. The summed E-state index contributed by atoms with van der Waals surface area (Å²) in [7, 11) is 1.40. The molecule has 0 fully saturated rings. The number of ether oxygens (including phenoxy) is 1. The Hall–Kier alpha value is -2.37. The molecule has 0 aliphatic heterocycles. The summed E-state index contributed by atoms with van der Waals surface area (Å²) in [5.74, 6) is -0.484. The van der Waals surface area contributed by atoms with E-state index in [1.165, 1.54) is 19.2 Å². The highest BCUT2D eigenvalue weighted by atomic mass is 19.1. The lowest BCUT2D eigenvalue weighted by molar-refractivity contribution is -0.120. The van der Waals surface area contributed by atoms with E-state index in [0.717, 1.165) is 5.69 Å². The molecule has 100 valence electrons. The summed E-state index contributed by atoms with van der Waals surface area (Å²) in [6, 6.07) is 6.24. The summed E-state index contributed by atoms with van der Waals surface area (Å²) in [6.07, 6.45) is 1.73. The van der Waals surface area contributed by atoms with Crippen molar-refractivity contribution >= 4 is 5.91 Å². The Morgan fingerprint density at radius 2 is 2.32 bits per heavy atom. The summed E-state index contributed by atoms with van der Waals surface area (Å²) >= 11 is 0. The molecule has 1 aromatic carbocycles. The number of hydrogen-bond donors (Lipinski definition) is 2. The zero-order valence-electron chi connectivity index (χ0n) is 10.4. The summed E-state index contributed by atoms with van der Waals surface area (Å²) in [5, 5.41) is 9.23. The van der Waals surface area contributed by atoms with Crippen molar-refractivity contribution in [1.29, 1.82) is 0 Å². The van der Waals surface area contributed by atoms with E-state index in [0.29, 0.717) is 12.1 Å². The molecular formula is C13H14FN3O2. The van der Waals surface area contributed by atoms with Crippen LogP contribution in [0.5, 0.6) is 5.75 Å². The number of aromatic amines is 1. The van der Waals surface area contributed by atoms with Gasteiger partial charge < -0.3 is 10.1 Å². The number of hydrogen-bond acceptors (Lipinski definition) is 3. The highest BCUT2D eigenvalue weighted by Gasteiger charge is 2.07. The monoisotopic (exact) mass is 263 g/mol. The zero-order valence-corrected chi connectivity index (χ0v) is 10.4. The van der Waals surface area contributed by atoms with E-state index in [2.05, 4.69) is 15.5 Å². The molecule has 0 saturated carbocycles. The summed E-state index contributed by atoms with van der Waals surface area (Å²) in [6.45, 7) is 0.372. The van der Waals surface area contributed by atoms with Gasteiger partial charge in [-0.2, -0.15) is 5.10 Å². The van der Waals surface area contributed by atoms with Crippen LogP contribution < -0.4 is 10.1 Å². The number of benzene rings is 1. The number of H-pyrrole nitrogens is 1. The summed E-state index contributed by atoms with van der Waals surface area (Å²) in [5.41, 5.74) is 1.41. The molecule has 0 atom stereocenters. The predicted molar refractivity (Wildman–Crippen MR) is 67.1 cm³/mol. The maximum absolute atomic E-state index is 13.4. The lowest BCUT2D eigenvalue weighted by atomic mass is 10.1. The Labute approximate surface area is 109 Å². The van der Waals surface area contributed by atoms with Gasteiger partial charge in [-0.1, -0.05) is 6.07 Å². The van der Waals surface area contributed by atoms with E-state index in [-0.39, 0.29) is 18.1 Å². The molecule has 2 rings (SSSR count). The number of carbonyl (C=O) groups is 1. The third-order valence-corrected chi connectivity index (χ3v) is 2.62. The molecule has 0 bridgehead atoms. The number of aromatic nitrogens is 2. The molecule has 6 heteroatoms. The molecule has 1 aromatic heterocycles. The van der Waals surface area contributed by atoms with Crippen LogP contribution in [0.2, 0.25) is 0 Å². The van der Waals surface area contributed by atoms with Crippen LogP contribution in [-0.2, 0) is 17.8 Å². The van der Waals surface area contributed by atoms with Crippen LogP contribution in [0.3, 0.4) is 0 Å². The average Bonchev–Trinajstić information content (AvgIpc) is 2.90. The third kappa shape index (κ3) is 3.54. The Bertz CT molecular complexity index is 555. The number of methoxy groups -OCH3 is 1. The number of amides is 1. The van der Waals surface area contributed by atoms with E-state index in [1.807, 2.05) is 0 Å². The van der Waals surface area contributed by atoms with Gasteiger partial charge in [0.25, 0.3) is 0 Å². The number of nitrogens with one attached hydrogen (secondary N) is 2. The predicted octanol–water partition coefficient (Wildman–Crippen LogP) is 1.42.